The molecule has 0 aliphatic carbocycles. The van der Waals surface area contributed by atoms with Gasteiger partial charge in [0.1, 0.15) is 11.8 Å². The normalized spacial score (nSPS) is 11.4. The summed E-state index contributed by atoms with van der Waals surface area (Å²) in [6.45, 7) is 4.24. The molecular weight excluding hydrogens is 420 g/mol. The van der Waals surface area contributed by atoms with Gasteiger partial charge in [-0.1, -0.05) is 12.1 Å². The SMILES string of the molecule is C=CCCCN=C(C#N)/C(=C/c1ccc(OC)c(OC)c1OC)c1ccc(OC)c(OC)c1. The Kier molecular flexibility index (Phi) is 9.84. The Hall–Kier alpha value is -3.92. The van der Waals surface area contributed by atoms with Crippen molar-refractivity contribution in [1.82, 2.24) is 0 Å². The van der Waals surface area contributed by atoms with Crippen molar-refractivity contribution in [3.05, 3.63) is 54.1 Å². The van der Waals surface area contributed by atoms with Gasteiger partial charge in [-0.25, -0.2) is 0 Å². The number of hydrogen-bond acceptors (Lipinski definition) is 7. The predicted octanol–water partition coefficient (Wildman–Crippen LogP) is 5.20. The van der Waals surface area contributed by atoms with Gasteiger partial charge in [0.2, 0.25) is 5.75 Å². The zero-order valence-corrected chi connectivity index (χ0v) is 19.8. The van der Waals surface area contributed by atoms with Gasteiger partial charge in [-0.05, 0) is 48.7 Å². The molecule has 0 amide bonds. The maximum absolute atomic E-state index is 9.96. The lowest BCUT2D eigenvalue weighted by molar-refractivity contribution is 0.324. The lowest BCUT2D eigenvalue weighted by atomic mass is 9.97. The average molecular weight is 451 g/mol. The quantitative estimate of drug-likeness (QED) is 0.191. The van der Waals surface area contributed by atoms with Gasteiger partial charge >= 0.3 is 0 Å². The third-order valence-electron chi connectivity index (χ3n) is 4.93. The Labute approximate surface area is 195 Å². The van der Waals surface area contributed by atoms with E-state index < -0.39 is 0 Å². The molecule has 2 aromatic rings. The van der Waals surface area contributed by atoms with Gasteiger partial charge in [0, 0.05) is 17.7 Å². The molecule has 0 heterocycles. The molecule has 174 valence electrons. The third-order valence-corrected chi connectivity index (χ3v) is 4.93. The van der Waals surface area contributed by atoms with Gasteiger partial charge < -0.3 is 23.7 Å². The Balaban J connectivity index is 2.74. The Morgan fingerprint density at radius 3 is 2.15 bits per heavy atom. The summed E-state index contributed by atoms with van der Waals surface area (Å²) in [5, 5.41) is 9.96. The highest BCUT2D eigenvalue weighted by molar-refractivity contribution is 6.34. The first-order valence-corrected chi connectivity index (χ1v) is 10.4. The molecule has 0 saturated heterocycles. The molecule has 0 fully saturated rings. The van der Waals surface area contributed by atoms with E-state index in [2.05, 4.69) is 17.6 Å². The molecule has 0 spiro atoms. The van der Waals surface area contributed by atoms with E-state index in [1.54, 1.807) is 47.7 Å². The summed E-state index contributed by atoms with van der Waals surface area (Å²) in [5.41, 5.74) is 2.35. The Morgan fingerprint density at radius 2 is 1.58 bits per heavy atom. The van der Waals surface area contributed by atoms with Crippen molar-refractivity contribution in [3.63, 3.8) is 0 Å². The Bertz CT molecular complexity index is 1070. The lowest BCUT2D eigenvalue weighted by Gasteiger charge is -2.16. The van der Waals surface area contributed by atoms with E-state index in [4.69, 9.17) is 23.7 Å². The standard InChI is InChI=1S/C26H30N2O5/c1-7-8-9-14-28-21(17-27)20(18-10-12-22(29-2)24(16-18)31-4)15-19-11-13-23(30-3)26(33-6)25(19)32-5/h7,10-13,15-16H,1,8-9,14H2,2-6H3/b20-15+,28-21?. The number of unbranched alkanes of at least 4 members (excludes halogenated alkanes) is 1. The van der Waals surface area contributed by atoms with Crippen LogP contribution in [0.2, 0.25) is 0 Å². The van der Waals surface area contributed by atoms with Crippen LogP contribution in [-0.2, 0) is 0 Å². The largest absolute Gasteiger partial charge is 0.493 e. The highest BCUT2D eigenvalue weighted by Crippen LogP contribution is 2.41. The van der Waals surface area contributed by atoms with E-state index in [1.807, 2.05) is 30.4 Å². The number of ether oxygens (including phenoxy) is 5. The van der Waals surface area contributed by atoms with Crippen LogP contribution >= 0.6 is 0 Å². The molecule has 0 aromatic heterocycles. The molecule has 0 aliphatic heterocycles. The van der Waals surface area contributed by atoms with Crippen molar-refractivity contribution in [2.24, 2.45) is 4.99 Å². The summed E-state index contributed by atoms with van der Waals surface area (Å²) < 4.78 is 27.3. The fourth-order valence-electron chi connectivity index (χ4n) is 3.29. The van der Waals surface area contributed by atoms with E-state index in [-0.39, 0.29) is 0 Å². The maximum atomic E-state index is 9.96. The molecule has 0 atom stereocenters. The van der Waals surface area contributed by atoms with E-state index in [0.29, 0.717) is 52.1 Å². The van der Waals surface area contributed by atoms with Crippen molar-refractivity contribution in [3.8, 4) is 34.8 Å². The average Bonchev–Trinajstić information content (AvgIpc) is 2.86. The van der Waals surface area contributed by atoms with Crippen molar-refractivity contribution >= 4 is 17.4 Å². The zero-order chi connectivity index (χ0) is 24.2. The molecule has 7 nitrogen and oxygen atoms in total. The van der Waals surface area contributed by atoms with Crippen molar-refractivity contribution in [1.29, 1.82) is 5.26 Å². The number of methoxy groups -OCH3 is 5. The van der Waals surface area contributed by atoms with Crippen molar-refractivity contribution in [2.45, 2.75) is 12.8 Å². The molecule has 7 heteroatoms. The van der Waals surface area contributed by atoms with Crippen LogP contribution in [0.4, 0.5) is 0 Å². The number of rotatable bonds is 12. The smallest absolute Gasteiger partial charge is 0.203 e. The molecule has 0 aliphatic rings. The van der Waals surface area contributed by atoms with Gasteiger partial charge in [0.15, 0.2) is 23.0 Å². The first-order chi connectivity index (χ1) is 16.1. The zero-order valence-electron chi connectivity index (χ0n) is 19.8. The molecule has 0 radical (unpaired) electrons. The van der Waals surface area contributed by atoms with Gasteiger partial charge in [-0.3, -0.25) is 4.99 Å². The number of aliphatic imine (C=N–C) groups is 1. The minimum Gasteiger partial charge on any atom is -0.493 e. The molecule has 0 saturated carbocycles. The first-order valence-electron chi connectivity index (χ1n) is 10.4. The van der Waals surface area contributed by atoms with Crippen LogP contribution < -0.4 is 23.7 Å². The number of allylic oxidation sites excluding steroid dienone is 2. The predicted molar refractivity (Wildman–Crippen MR) is 131 cm³/mol. The highest BCUT2D eigenvalue weighted by atomic mass is 16.5. The molecule has 0 bridgehead atoms. The second-order valence-electron chi connectivity index (χ2n) is 6.82. The summed E-state index contributed by atoms with van der Waals surface area (Å²) in [6, 6.07) is 11.3. The van der Waals surface area contributed by atoms with Gasteiger partial charge in [0.05, 0.1) is 35.5 Å². The van der Waals surface area contributed by atoms with Gasteiger partial charge in [0.25, 0.3) is 0 Å². The second-order valence-corrected chi connectivity index (χ2v) is 6.82. The van der Waals surface area contributed by atoms with Crippen LogP contribution in [0.5, 0.6) is 28.7 Å². The van der Waals surface area contributed by atoms with Gasteiger partial charge in [-0.15, -0.1) is 6.58 Å². The second kappa shape index (κ2) is 12.8. The number of nitriles is 1. The van der Waals surface area contributed by atoms with Gasteiger partial charge in [-0.2, -0.15) is 5.26 Å². The summed E-state index contributed by atoms with van der Waals surface area (Å²) in [7, 11) is 7.80. The van der Waals surface area contributed by atoms with Crippen molar-refractivity contribution in [2.75, 3.05) is 42.1 Å². The fraction of sp³-hybridized carbons (Fsp3) is 0.308. The summed E-state index contributed by atoms with van der Waals surface area (Å²) in [6.07, 6.45) is 5.30. The number of nitrogens with zero attached hydrogens (tertiary/aromatic N) is 2. The van der Waals surface area contributed by atoms with E-state index in [1.165, 1.54) is 0 Å². The molecule has 0 N–H and O–H groups in total. The number of hydrogen-bond donors (Lipinski definition) is 0. The van der Waals surface area contributed by atoms with Crippen LogP contribution in [0, 0.1) is 11.3 Å². The molecular formula is C26H30N2O5. The summed E-state index contributed by atoms with van der Waals surface area (Å²) in [5.74, 6) is 2.62. The highest BCUT2D eigenvalue weighted by Gasteiger charge is 2.18. The number of benzene rings is 2. The molecule has 33 heavy (non-hydrogen) atoms. The van der Waals surface area contributed by atoms with E-state index in [0.717, 1.165) is 18.4 Å². The fourth-order valence-corrected chi connectivity index (χ4v) is 3.29. The van der Waals surface area contributed by atoms with Crippen molar-refractivity contribution < 1.29 is 23.7 Å². The van der Waals surface area contributed by atoms with E-state index in [9.17, 15) is 5.26 Å². The van der Waals surface area contributed by atoms with Crippen LogP contribution in [-0.4, -0.2) is 47.8 Å². The molecule has 2 aromatic carbocycles. The van der Waals surface area contributed by atoms with Crippen LogP contribution in [0.3, 0.4) is 0 Å². The maximum Gasteiger partial charge on any atom is 0.203 e. The monoisotopic (exact) mass is 450 g/mol. The topological polar surface area (TPSA) is 82.3 Å². The first kappa shape index (κ1) is 25.3. The third kappa shape index (κ3) is 6.07. The lowest BCUT2D eigenvalue weighted by Crippen LogP contribution is -2.03. The van der Waals surface area contributed by atoms with Crippen LogP contribution in [0.1, 0.15) is 24.0 Å². The minimum atomic E-state index is 0.295. The van der Waals surface area contributed by atoms with Crippen LogP contribution in [0.15, 0.2) is 48.0 Å². The minimum absolute atomic E-state index is 0.295. The summed E-state index contributed by atoms with van der Waals surface area (Å²) in [4.78, 5) is 4.55. The summed E-state index contributed by atoms with van der Waals surface area (Å²) >= 11 is 0. The van der Waals surface area contributed by atoms with Crippen LogP contribution in [0.25, 0.3) is 11.6 Å². The van der Waals surface area contributed by atoms with E-state index >= 15 is 0 Å². The Morgan fingerprint density at radius 1 is 0.909 bits per heavy atom. The molecule has 2 rings (SSSR count). The molecule has 0 unspecified atom stereocenters.